The van der Waals surface area contributed by atoms with Crippen molar-refractivity contribution in [1.29, 1.82) is 0 Å². The van der Waals surface area contributed by atoms with Crippen LogP contribution in [-0.4, -0.2) is 11.8 Å². The van der Waals surface area contributed by atoms with Gasteiger partial charge in [-0.1, -0.05) is 6.07 Å². The lowest BCUT2D eigenvalue weighted by Gasteiger charge is -2.16. The van der Waals surface area contributed by atoms with Gasteiger partial charge in [0.05, 0.1) is 12.5 Å². The Morgan fingerprint density at radius 2 is 2.04 bits per heavy atom. The van der Waals surface area contributed by atoms with E-state index in [9.17, 15) is 14.4 Å². The summed E-state index contributed by atoms with van der Waals surface area (Å²) >= 11 is 1.48. The van der Waals surface area contributed by atoms with Crippen molar-refractivity contribution < 1.29 is 14.0 Å². The highest BCUT2D eigenvalue weighted by Crippen LogP contribution is 2.24. The van der Waals surface area contributed by atoms with E-state index in [0.29, 0.717) is 11.3 Å². The van der Waals surface area contributed by atoms with Crippen molar-refractivity contribution in [2.24, 2.45) is 0 Å². The summed E-state index contributed by atoms with van der Waals surface area (Å²) in [6.07, 6.45) is 0.107. The van der Waals surface area contributed by atoms with Crippen molar-refractivity contribution in [3.63, 3.8) is 0 Å². The molecule has 0 aliphatic rings. The van der Waals surface area contributed by atoms with E-state index in [4.69, 9.17) is 4.42 Å². The molecule has 2 heterocycles. The van der Waals surface area contributed by atoms with Gasteiger partial charge in [-0.25, -0.2) is 4.79 Å². The number of carbonyl (C=O) groups excluding carboxylic acids is 2. The summed E-state index contributed by atoms with van der Waals surface area (Å²) in [6, 6.07) is 9.99. The molecule has 0 radical (unpaired) electrons. The van der Waals surface area contributed by atoms with E-state index in [2.05, 4.69) is 10.6 Å². The fraction of sp³-hybridized carbons (Fsp3) is 0.211. The van der Waals surface area contributed by atoms with Gasteiger partial charge in [0.2, 0.25) is 11.8 Å². The molecular formula is C19H18N2O4S. The Hall–Kier alpha value is -2.93. The molecule has 3 aromatic rings. The Bertz CT molecular complexity index is 1010. The Morgan fingerprint density at radius 3 is 2.73 bits per heavy atom. The predicted molar refractivity (Wildman–Crippen MR) is 101 cm³/mol. The van der Waals surface area contributed by atoms with Crippen LogP contribution in [0.5, 0.6) is 0 Å². The summed E-state index contributed by atoms with van der Waals surface area (Å²) in [4.78, 5) is 36.3. The SMILES string of the molecule is CC(=O)N[C@@H](CC(=O)Nc1ccc2c(C)cc(=O)oc2c1)c1cccs1. The minimum Gasteiger partial charge on any atom is -0.423 e. The average Bonchev–Trinajstić information content (AvgIpc) is 3.07. The van der Waals surface area contributed by atoms with Crippen LogP contribution < -0.4 is 16.3 Å². The second kappa shape index (κ2) is 7.53. The number of carbonyl (C=O) groups is 2. The highest BCUT2D eigenvalue weighted by atomic mass is 32.1. The number of hydrogen-bond donors (Lipinski definition) is 2. The highest BCUT2D eigenvalue weighted by Gasteiger charge is 2.18. The maximum Gasteiger partial charge on any atom is 0.336 e. The Kier molecular flexibility index (Phi) is 5.18. The molecule has 26 heavy (non-hydrogen) atoms. The van der Waals surface area contributed by atoms with Crippen molar-refractivity contribution in [1.82, 2.24) is 5.32 Å². The van der Waals surface area contributed by atoms with E-state index in [1.807, 2.05) is 24.4 Å². The lowest BCUT2D eigenvalue weighted by atomic mass is 10.1. The summed E-state index contributed by atoms with van der Waals surface area (Å²) in [5.74, 6) is -0.439. The van der Waals surface area contributed by atoms with Crippen LogP contribution in [0.25, 0.3) is 11.0 Å². The maximum atomic E-state index is 12.4. The molecule has 0 fully saturated rings. The molecule has 1 atom stereocenters. The molecule has 0 unspecified atom stereocenters. The van der Waals surface area contributed by atoms with Crippen molar-refractivity contribution in [2.75, 3.05) is 5.32 Å². The number of anilines is 1. The number of aryl methyl sites for hydroxylation is 1. The van der Waals surface area contributed by atoms with Gasteiger partial charge in [0.15, 0.2) is 0 Å². The highest BCUT2D eigenvalue weighted by molar-refractivity contribution is 7.10. The third-order valence-electron chi connectivity index (χ3n) is 3.89. The topological polar surface area (TPSA) is 88.4 Å². The Morgan fingerprint density at radius 1 is 1.23 bits per heavy atom. The number of thiophene rings is 1. The number of fused-ring (bicyclic) bond motifs is 1. The number of hydrogen-bond acceptors (Lipinski definition) is 5. The monoisotopic (exact) mass is 370 g/mol. The first-order chi connectivity index (χ1) is 12.4. The van der Waals surface area contributed by atoms with Gasteiger partial charge < -0.3 is 15.1 Å². The summed E-state index contributed by atoms with van der Waals surface area (Å²) in [5, 5.41) is 8.30. The number of rotatable bonds is 5. The second-order valence-corrected chi connectivity index (χ2v) is 6.96. The lowest BCUT2D eigenvalue weighted by Crippen LogP contribution is -2.29. The van der Waals surface area contributed by atoms with Gasteiger partial charge in [-0.05, 0) is 36.1 Å². The zero-order chi connectivity index (χ0) is 18.7. The van der Waals surface area contributed by atoms with Gasteiger partial charge >= 0.3 is 5.63 Å². The summed E-state index contributed by atoms with van der Waals surface area (Å²) in [7, 11) is 0. The average molecular weight is 370 g/mol. The number of benzene rings is 1. The van der Waals surface area contributed by atoms with Gasteiger partial charge in [-0.15, -0.1) is 11.3 Å². The zero-order valence-electron chi connectivity index (χ0n) is 14.4. The Balaban J connectivity index is 1.77. The van der Waals surface area contributed by atoms with E-state index < -0.39 is 5.63 Å². The van der Waals surface area contributed by atoms with Gasteiger partial charge in [-0.2, -0.15) is 0 Å². The standard InChI is InChI=1S/C19H18N2O4S/c1-11-8-19(24)25-16-9-13(5-6-14(11)16)21-18(23)10-15(20-12(2)22)17-4-3-7-26-17/h3-9,15H,10H2,1-2H3,(H,20,22)(H,21,23)/t15-/m0/s1. The van der Waals surface area contributed by atoms with E-state index in [-0.39, 0.29) is 24.3 Å². The fourth-order valence-corrected chi connectivity index (χ4v) is 3.54. The molecule has 134 valence electrons. The van der Waals surface area contributed by atoms with Gasteiger partial charge in [0.1, 0.15) is 5.58 Å². The molecule has 7 heteroatoms. The smallest absolute Gasteiger partial charge is 0.336 e. The molecular weight excluding hydrogens is 352 g/mol. The van der Waals surface area contributed by atoms with Crippen LogP contribution >= 0.6 is 11.3 Å². The molecule has 0 saturated carbocycles. The van der Waals surface area contributed by atoms with Gasteiger partial charge in [0, 0.05) is 35.0 Å². The largest absolute Gasteiger partial charge is 0.423 e. The van der Waals surface area contributed by atoms with Crippen LogP contribution in [0.15, 0.2) is 51.0 Å². The molecule has 0 bridgehead atoms. The summed E-state index contributed by atoms with van der Waals surface area (Å²) in [5.41, 5.74) is 1.34. The molecule has 2 amide bonds. The first-order valence-corrected chi connectivity index (χ1v) is 8.95. The molecule has 0 saturated heterocycles. The lowest BCUT2D eigenvalue weighted by molar-refractivity contribution is -0.120. The minimum absolute atomic E-state index is 0.107. The second-order valence-electron chi connectivity index (χ2n) is 5.98. The molecule has 3 rings (SSSR count). The van der Waals surface area contributed by atoms with Crippen LogP contribution in [0, 0.1) is 6.92 Å². The van der Waals surface area contributed by atoms with Crippen LogP contribution in [0.2, 0.25) is 0 Å². The molecule has 6 nitrogen and oxygen atoms in total. The van der Waals surface area contributed by atoms with Crippen LogP contribution in [0.4, 0.5) is 5.69 Å². The Labute approximate surface area is 153 Å². The third kappa shape index (κ3) is 4.18. The first-order valence-electron chi connectivity index (χ1n) is 8.07. The van der Waals surface area contributed by atoms with Crippen molar-refractivity contribution in [2.45, 2.75) is 26.3 Å². The maximum absolute atomic E-state index is 12.4. The van der Waals surface area contributed by atoms with Crippen LogP contribution in [0.3, 0.4) is 0 Å². The third-order valence-corrected chi connectivity index (χ3v) is 4.87. The molecule has 2 N–H and O–H groups in total. The van der Waals surface area contributed by atoms with Gasteiger partial charge in [0.25, 0.3) is 0 Å². The predicted octanol–water partition coefficient (Wildman–Crippen LogP) is 3.37. The van der Waals surface area contributed by atoms with E-state index in [1.54, 1.807) is 18.2 Å². The first kappa shape index (κ1) is 17.9. The van der Waals surface area contributed by atoms with Crippen molar-refractivity contribution >= 4 is 39.8 Å². The number of nitrogens with one attached hydrogen (secondary N) is 2. The molecule has 0 spiro atoms. The molecule has 0 aliphatic carbocycles. The fourth-order valence-electron chi connectivity index (χ4n) is 2.76. The van der Waals surface area contributed by atoms with E-state index >= 15 is 0 Å². The van der Waals surface area contributed by atoms with E-state index in [1.165, 1.54) is 24.3 Å². The van der Waals surface area contributed by atoms with Crippen molar-refractivity contribution in [3.8, 4) is 0 Å². The zero-order valence-corrected chi connectivity index (χ0v) is 15.2. The summed E-state index contributed by atoms with van der Waals surface area (Å²) in [6.45, 7) is 3.25. The number of amides is 2. The van der Waals surface area contributed by atoms with E-state index in [0.717, 1.165) is 15.8 Å². The van der Waals surface area contributed by atoms with Crippen LogP contribution in [0.1, 0.15) is 29.8 Å². The molecule has 2 aromatic heterocycles. The molecule has 0 aliphatic heterocycles. The molecule has 1 aromatic carbocycles. The quantitative estimate of drug-likeness (QED) is 0.674. The van der Waals surface area contributed by atoms with Gasteiger partial charge in [-0.3, -0.25) is 9.59 Å². The van der Waals surface area contributed by atoms with Crippen molar-refractivity contribution in [3.05, 3.63) is 62.6 Å². The van der Waals surface area contributed by atoms with Crippen LogP contribution in [-0.2, 0) is 9.59 Å². The normalized spacial score (nSPS) is 11.9. The summed E-state index contributed by atoms with van der Waals surface area (Å²) < 4.78 is 5.20. The minimum atomic E-state index is -0.429.